The highest BCUT2D eigenvalue weighted by atomic mass is 16.5. The normalized spacial score (nSPS) is 21.0. The standard InChI is InChI=1S/C23H30N6O4/c1-2-32-17-5-6-20-15(12-17)13-19(23(31)24-20)21(28-9-7-16(30)8-10-28)22-25-26-27-29(22)14-18-4-3-11-33-18/h5-6,12-13,16,18,21,30H,2-4,7-11,14H2,1H3,(H,24,31). The van der Waals surface area contributed by atoms with E-state index in [4.69, 9.17) is 9.47 Å². The first-order chi connectivity index (χ1) is 16.1. The lowest BCUT2D eigenvalue weighted by Gasteiger charge is -2.35. The molecule has 2 fully saturated rings. The predicted octanol–water partition coefficient (Wildman–Crippen LogP) is 1.64. The minimum Gasteiger partial charge on any atom is -0.494 e. The number of nitrogens with zero attached hydrogens (tertiary/aromatic N) is 5. The van der Waals surface area contributed by atoms with Crippen molar-refractivity contribution >= 4 is 10.9 Å². The van der Waals surface area contributed by atoms with Crippen LogP contribution >= 0.6 is 0 Å². The van der Waals surface area contributed by atoms with E-state index in [-0.39, 0.29) is 17.8 Å². The van der Waals surface area contributed by atoms with Gasteiger partial charge in [-0.15, -0.1) is 5.10 Å². The lowest BCUT2D eigenvalue weighted by molar-refractivity contribution is 0.0632. The van der Waals surface area contributed by atoms with Gasteiger partial charge >= 0.3 is 0 Å². The number of aliphatic hydroxyl groups is 1. The smallest absolute Gasteiger partial charge is 0.253 e. The van der Waals surface area contributed by atoms with E-state index in [0.717, 1.165) is 36.1 Å². The highest BCUT2D eigenvalue weighted by Crippen LogP contribution is 2.30. The summed E-state index contributed by atoms with van der Waals surface area (Å²) in [5.74, 6) is 1.37. The van der Waals surface area contributed by atoms with Gasteiger partial charge < -0.3 is 19.6 Å². The van der Waals surface area contributed by atoms with Crippen LogP contribution in [0.5, 0.6) is 5.75 Å². The second-order valence-corrected chi connectivity index (χ2v) is 8.76. The van der Waals surface area contributed by atoms with E-state index in [9.17, 15) is 9.90 Å². The Balaban J connectivity index is 1.58. The van der Waals surface area contributed by atoms with Crippen LogP contribution in [0, 0.1) is 0 Å². The Hall–Kier alpha value is -2.82. The van der Waals surface area contributed by atoms with Crippen LogP contribution in [0.25, 0.3) is 10.9 Å². The van der Waals surface area contributed by atoms with E-state index < -0.39 is 6.04 Å². The summed E-state index contributed by atoms with van der Waals surface area (Å²) in [5.41, 5.74) is 1.16. The zero-order valence-corrected chi connectivity index (χ0v) is 18.8. The molecule has 33 heavy (non-hydrogen) atoms. The molecule has 10 nitrogen and oxygen atoms in total. The molecule has 0 aliphatic carbocycles. The van der Waals surface area contributed by atoms with Crippen LogP contribution in [0.2, 0.25) is 0 Å². The first-order valence-corrected chi connectivity index (χ1v) is 11.7. The first-order valence-electron chi connectivity index (χ1n) is 11.7. The molecule has 0 bridgehead atoms. The third-order valence-electron chi connectivity index (χ3n) is 6.52. The van der Waals surface area contributed by atoms with Crippen LogP contribution in [0.4, 0.5) is 0 Å². The van der Waals surface area contributed by atoms with E-state index in [2.05, 4.69) is 25.4 Å². The van der Waals surface area contributed by atoms with Crippen molar-refractivity contribution in [1.29, 1.82) is 0 Å². The summed E-state index contributed by atoms with van der Waals surface area (Å²) < 4.78 is 13.2. The number of pyridine rings is 1. The SMILES string of the molecule is CCOc1ccc2[nH]c(=O)c(C(c3nnnn3CC3CCCO3)N3CCC(O)CC3)cc2c1. The van der Waals surface area contributed by atoms with Gasteiger partial charge in [0.05, 0.1) is 25.4 Å². The van der Waals surface area contributed by atoms with E-state index in [0.29, 0.717) is 50.5 Å². The van der Waals surface area contributed by atoms with E-state index in [1.165, 1.54) is 0 Å². The average Bonchev–Trinajstić information content (AvgIpc) is 3.49. The van der Waals surface area contributed by atoms with Crippen molar-refractivity contribution in [3.63, 3.8) is 0 Å². The van der Waals surface area contributed by atoms with Crippen molar-refractivity contribution < 1.29 is 14.6 Å². The molecule has 176 valence electrons. The number of ether oxygens (including phenoxy) is 2. The number of H-pyrrole nitrogens is 1. The number of tetrazole rings is 1. The summed E-state index contributed by atoms with van der Waals surface area (Å²) >= 11 is 0. The number of benzene rings is 1. The van der Waals surface area contributed by atoms with E-state index in [1.54, 1.807) is 4.68 Å². The van der Waals surface area contributed by atoms with Crippen molar-refractivity contribution in [2.45, 2.75) is 57.4 Å². The fourth-order valence-electron chi connectivity index (χ4n) is 4.82. The minimum atomic E-state index is -0.433. The number of likely N-dealkylation sites (tertiary alicyclic amines) is 1. The van der Waals surface area contributed by atoms with Crippen molar-refractivity contribution in [2.24, 2.45) is 0 Å². The van der Waals surface area contributed by atoms with Gasteiger partial charge in [-0.25, -0.2) is 4.68 Å². The average molecular weight is 455 g/mol. The maximum absolute atomic E-state index is 13.3. The summed E-state index contributed by atoms with van der Waals surface area (Å²) in [5, 5.41) is 23.5. The first kappa shape index (κ1) is 22.0. The Bertz CT molecular complexity index is 1150. The van der Waals surface area contributed by atoms with Crippen LogP contribution < -0.4 is 10.3 Å². The van der Waals surface area contributed by atoms with Gasteiger partial charge in [0.2, 0.25) is 0 Å². The summed E-state index contributed by atoms with van der Waals surface area (Å²) in [7, 11) is 0. The van der Waals surface area contributed by atoms with Gasteiger partial charge in [0.1, 0.15) is 11.8 Å². The number of piperidine rings is 1. The Morgan fingerprint density at radius 1 is 1.27 bits per heavy atom. The highest BCUT2D eigenvalue weighted by Gasteiger charge is 2.33. The Morgan fingerprint density at radius 3 is 2.88 bits per heavy atom. The summed E-state index contributed by atoms with van der Waals surface area (Å²) in [4.78, 5) is 18.5. The maximum atomic E-state index is 13.3. The van der Waals surface area contributed by atoms with Crippen molar-refractivity contribution in [2.75, 3.05) is 26.3 Å². The second kappa shape index (κ2) is 9.58. The zero-order valence-electron chi connectivity index (χ0n) is 18.8. The van der Waals surface area contributed by atoms with Gasteiger partial charge in [0.25, 0.3) is 5.56 Å². The lowest BCUT2D eigenvalue weighted by atomic mass is 9.99. The Labute approximate surface area is 191 Å². The fourth-order valence-corrected chi connectivity index (χ4v) is 4.82. The van der Waals surface area contributed by atoms with Crippen LogP contribution in [-0.4, -0.2) is 73.7 Å². The molecule has 2 saturated heterocycles. The number of hydrogen-bond donors (Lipinski definition) is 2. The number of rotatable bonds is 7. The largest absolute Gasteiger partial charge is 0.494 e. The van der Waals surface area contributed by atoms with E-state index in [1.807, 2.05) is 31.2 Å². The van der Waals surface area contributed by atoms with E-state index >= 15 is 0 Å². The van der Waals surface area contributed by atoms with Crippen molar-refractivity contribution in [1.82, 2.24) is 30.1 Å². The molecule has 0 radical (unpaired) electrons. The number of aromatic nitrogens is 5. The molecule has 0 spiro atoms. The molecule has 4 heterocycles. The molecule has 2 aliphatic heterocycles. The third-order valence-corrected chi connectivity index (χ3v) is 6.52. The molecule has 5 rings (SSSR count). The van der Waals surface area contributed by atoms with Crippen LogP contribution in [0.15, 0.2) is 29.1 Å². The fraction of sp³-hybridized carbons (Fsp3) is 0.565. The summed E-state index contributed by atoms with van der Waals surface area (Å²) in [6.07, 6.45) is 3.03. The number of nitrogens with one attached hydrogen (secondary N) is 1. The molecule has 2 N–H and O–H groups in total. The predicted molar refractivity (Wildman–Crippen MR) is 121 cm³/mol. The maximum Gasteiger partial charge on any atom is 0.253 e. The number of fused-ring (bicyclic) bond motifs is 1. The molecule has 0 amide bonds. The topological polar surface area (TPSA) is 118 Å². The van der Waals surface area contributed by atoms with Crippen molar-refractivity contribution in [3.8, 4) is 5.75 Å². The lowest BCUT2D eigenvalue weighted by Crippen LogP contribution is -2.42. The highest BCUT2D eigenvalue weighted by molar-refractivity contribution is 5.80. The molecule has 2 atom stereocenters. The third kappa shape index (κ3) is 4.64. The molecule has 2 aromatic heterocycles. The minimum absolute atomic E-state index is 0.0692. The summed E-state index contributed by atoms with van der Waals surface area (Å²) in [6, 6.07) is 7.13. The van der Waals surface area contributed by atoms with Gasteiger partial charge in [-0.3, -0.25) is 9.69 Å². The van der Waals surface area contributed by atoms with Crippen LogP contribution in [0.1, 0.15) is 50.0 Å². The Kier molecular flexibility index (Phi) is 6.39. The van der Waals surface area contributed by atoms with Gasteiger partial charge in [-0.1, -0.05) is 0 Å². The summed E-state index contributed by atoms with van der Waals surface area (Å²) in [6.45, 7) is 5.11. The van der Waals surface area contributed by atoms with Crippen LogP contribution in [0.3, 0.4) is 0 Å². The van der Waals surface area contributed by atoms with Crippen LogP contribution in [-0.2, 0) is 11.3 Å². The molecule has 3 aromatic rings. The number of aliphatic hydroxyl groups excluding tert-OH is 1. The van der Waals surface area contributed by atoms with Gasteiger partial charge in [0.15, 0.2) is 5.82 Å². The number of hydrogen-bond acceptors (Lipinski definition) is 8. The van der Waals surface area contributed by atoms with Gasteiger partial charge in [-0.05, 0) is 67.3 Å². The molecule has 0 saturated carbocycles. The molecule has 1 aromatic carbocycles. The second-order valence-electron chi connectivity index (χ2n) is 8.76. The molecule has 10 heteroatoms. The van der Waals surface area contributed by atoms with Gasteiger partial charge in [0, 0.05) is 36.2 Å². The molecule has 2 aliphatic rings. The molecular weight excluding hydrogens is 424 g/mol. The number of aromatic amines is 1. The molecular formula is C23H30N6O4. The Morgan fingerprint density at radius 2 is 2.12 bits per heavy atom. The quantitative estimate of drug-likeness (QED) is 0.553. The molecule has 2 unspecified atom stereocenters. The van der Waals surface area contributed by atoms with Gasteiger partial charge in [-0.2, -0.15) is 0 Å². The van der Waals surface area contributed by atoms with Crippen molar-refractivity contribution in [3.05, 3.63) is 46.0 Å². The monoisotopic (exact) mass is 454 g/mol. The zero-order chi connectivity index (χ0) is 22.8.